The van der Waals surface area contributed by atoms with Gasteiger partial charge in [-0.25, -0.2) is 8.42 Å². The van der Waals surface area contributed by atoms with Gasteiger partial charge in [0.1, 0.15) is 11.3 Å². The van der Waals surface area contributed by atoms with Crippen molar-refractivity contribution < 1.29 is 12.8 Å². The van der Waals surface area contributed by atoms with Gasteiger partial charge in [-0.3, -0.25) is 4.72 Å². The zero-order valence-electron chi connectivity index (χ0n) is 16.5. The van der Waals surface area contributed by atoms with E-state index in [2.05, 4.69) is 29.6 Å². The topological polar surface area (TPSA) is 75.1 Å². The molecule has 0 atom stereocenters. The molecule has 4 aromatic rings. The number of benzene rings is 2. The fraction of sp³-hybridized carbons (Fsp3) is 0.273. The van der Waals surface area contributed by atoms with Crippen molar-refractivity contribution in [2.75, 3.05) is 11.0 Å². The normalized spacial score (nSPS) is 12.7. The second-order valence-corrected chi connectivity index (χ2v) is 9.57. The zero-order valence-corrected chi connectivity index (χ0v) is 18.1. The Bertz CT molecular complexity index is 1300. The standard InChI is InChI=1S/C22H23ClN2O3S/c1-4-22(5-2,20-12-14-11-15(23)9-10-19(14)28-20)17-13-24-21-16(17)7-6-8-18(21)25-29(3,26)27/h6-13,24-25H,4-5H2,1-3H3. The van der Waals surface area contributed by atoms with Gasteiger partial charge in [0.05, 0.1) is 22.9 Å². The number of hydrogen-bond donors (Lipinski definition) is 2. The van der Waals surface area contributed by atoms with Gasteiger partial charge in [0.2, 0.25) is 10.0 Å². The first kappa shape index (κ1) is 19.9. The van der Waals surface area contributed by atoms with Crippen molar-refractivity contribution in [1.82, 2.24) is 4.98 Å². The molecule has 0 aliphatic rings. The van der Waals surface area contributed by atoms with E-state index in [0.717, 1.165) is 52.3 Å². The number of aromatic amines is 1. The number of H-pyrrole nitrogens is 1. The lowest BCUT2D eigenvalue weighted by molar-refractivity contribution is 0.381. The van der Waals surface area contributed by atoms with Gasteiger partial charge in [0.25, 0.3) is 0 Å². The predicted molar refractivity (Wildman–Crippen MR) is 119 cm³/mol. The van der Waals surface area contributed by atoms with Crippen LogP contribution in [0.15, 0.2) is 53.1 Å². The van der Waals surface area contributed by atoms with Gasteiger partial charge < -0.3 is 9.40 Å². The van der Waals surface area contributed by atoms with Gasteiger partial charge in [0.15, 0.2) is 0 Å². The number of hydrogen-bond acceptors (Lipinski definition) is 3. The highest BCUT2D eigenvalue weighted by molar-refractivity contribution is 7.92. The second-order valence-electron chi connectivity index (χ2n) is 7.39. The van der Waals surface area contributed by atoms with Crippen LogP contribution in [0.3, 0.4) is 0 Å². The SMILES string of the molecule is CCC(CC)(c1cc2cc(Cl)ccc2o1)c1c[nH]c2c(NS(C)(=O)=O)cccc12. The Balaban J connectivity index is 1.93. The molecule has 0 aliphatic heterocycles. The zero-order chi connectivity index (χ0) is 20.8. The molecule has 0 bridgehead atoms. The van der Waals surface area contributed by atoms with Gasteiger partial charge in [0, 0.05) is 22.0 Å². The minimum Gasteiger partial charge on any atom is -0.460 e. The first-order valence-electron chi connectivity index (χ1n) is 9.55. The fourth-order valence-corrected chi connectivity index (χ4v) is 4.95. The maximum absolute atomic E-state index is 11.8. The molecule has 0 saturated heterocycles. The summed E-state index contributed by atoms with van der Waals surface area (Å²) in [5.74, 6) is 0.877. The number of sulfonamides is 1. The molecule has 0 fully saturated rings. The number of furan rings is 1. The summed E-state index contributed by atoms with van der Waals surface area (Å²) in [6, 6.07) is 13.3. The van der Waals surface area contributed by atoms with E-state index in [9.17, 15) is 8.42 Å². The molecule has 0 spiro atoms. The fourth-order valence-electron chi connectivity index (χ4n) is 4.20. The van der Waals surface area contributed by atoms with Crippen molar-refractivity contribution >= 4 is 49.2 Å². The monoisotopic (exact) mass is 430 g/mol. The molecular weight excluding hydrogens is 408 g/mol. The summed E-state index contributed by atoms with van der Waals surface area (Å²) in [5.41, 5.74) is 2.83. The number of nitrogens with one attached hydrogen (secondary N) is 2. The van der Waals surface area contributed by atoms with Crippen molar-refractivity contribution in [3.05, 3.63) is 65.0 Å². The molecule has 4 rings (SSSR count). The van der Waals surface area contributed by atoms with E-state index >= 15 is 0 Å². The van der Waals surface area contributed by atoms with E-state index in [1.165, 1.54) is 0 Å². The summed E-state index contributed by atoms with van der Waals surface area (Å²) >= 11 is 6.16. The highest BCUT2D eigenvalue weighted by Gasteiger charge is 2.36. The number of halogens is 1. The minimum absolute atomic E-state index is 0.354. The number of para-hydroxylation sites is 1. The van der Waals surface area contributed by atoms with Crippen LogP contribution in [-0.2, 0) is 15.4 Å². The van der Waals surface area contributed by atoms with Crippen molar-refractivity contribution in [2.24, 2.45) is 0 Å². The number of anilines is 1. The quantitative estimate of drug-likeness (QED) is 0.391. The lowest BCUT2D eigenvalue weighted by atomic mass is 9.73. The maximum Gasteiger partial charge on any atom is 0.229 e. The van der Waals surface area contributed by atoms with E-state index in [1.807, 2.05) is 36.5 Å². The third-order valence-electron chi connectivity index (χ3n) is 5.68. The van der Waals surface area contributed by atoms with E-state index in [-0.39, 0.29) is 5.41 Å². The van der Waals surface area contributed by atoms with Crippen molar-refractivity contribution in [1.29, 1.82) is 0 Å². The highest BCUT2D eigenvalue weighted by Crippen LogP contribution is 2.45. The molecule has 0 unspecified atom stereocenters. The van der Waals surface area contributed by atoms with Gasteiger partial charge in [-0.15, -0.1) is 0 Å². The van der Waals surface area contributed by atoms with Crippen LogP contribution in [0.25, 0.3) is 21.9 Å². The maximum atomic E-state index is 11.8. The molecule has 2 N–H and O–H groups in total. The molecule has 2 aromatic heterocycles. The van der Waals surface area contributed by atoms with Crippen molar-refractivity contribution in [2.45, 2.75) is 32.1 Å². The summed E-state index contributed by atoms with van der Waals surface area (Å²) in [6.07, 6.45) is 4.77. The summed E-state index contributed by atoms with van der Waals surface area (Å²) in [5, 5.41) is 2.62. The second kappa shape index (κ2) is 7.11. The average Bonchev–Trinajstić information content (AvgIpc) is 3.28. The molecule has 7 heteroatoms. The van der Waals surface area contributed by atoms with Crippen LogP contribution in [0.4, 0.5) is 5.69 Å². The van der Waals surface area contributed by atoms with Gasteiger partial charge in [-0.1, -0.05) is 37.6 Å². The Hall–Kier alpha value is -2.44. The van der Waals surface area contributed by atoms with Gasteiger partial charge in [-0.2, -0.15) is 0 Å². The van der Waals surface area contributed by atoms with Crippen LogP contribution in [0.1, 0.15) is 38.0 Å². The van der Waals surface area contributed by atoms with Gasteiger partial charge in [-0.05, 0) is 48.7 Å². The van der Waals surface area contributed by atoms with E-state index < -0.39 is 10.0 Å². The Morgan fingerprint density at radius 2 is 1.90 bits per heavy atom. The third-order valence-corrected chi connectivity index (χ3v) is 6.51. The minimum atomic E-state index is -3.38. The molecule has 152 valence electrons. The van der Waals surface area contributed by atoms with Crippen LogP contribution < -0.4 is 4.72 Å². The van der Waals surface area contributed by atoms with Crippen molar-refractivity contribution in [3.63, 3.8) is 0 Å². The predicted octanol–water partition coefficient (Wildman–Crippen LogP) is 6.05. The molecule has 0 aliphatic carbocycles. The average molecular weight is 431 g/mol. The summed E-state index contributed by atoms with van der Waals surface area (Å²) in [7, 11) is -3.38. The van der Waals surface area contributed by atoms with Crippen LogP contribution >= 0.6 is 11.6 Å². The Kier molecular flexibility index (Phi) is 4.87. The van der Waals surface area contributed by atoms with Crippen LogP contribution in [-0.4, -0.2) is 19.7 Å². The third kappa shape index (κ3) is 3.40. The molecule has 0 saturated carbocycles. The number of aromatic nitrogens is 1. The van der Waals surface area contributed by atoms with E-state index in [0.29, 0.717) is 10.7 Å². The number of rotatable bonds is 6. The Morgan fingerprint density at radius 3 is 2.59 bits per heavy atom. The molecule has 2 aromatic carbocycles. The molecule has 29 heavy (non-hydrogen) atoms. The Labute approximate surface area is 175 Å². The molecular formula is C22H23ClN2O3S. The molecule has 0 radical (unpaired) electrons. The summed E-state index contributed by atoms with van der Waals surface area (Å²) in [4.78, 5) is 3.28. The first-order valence-corrected chi connectivity index (χ1v) is 11.8. The van der Waals surface area contributed by atoms with Crippen LogP contribution in [0, 0.1) is 0 Å². The van der Waals surface area contributed by atoms with Crippen molar-refractivity contribution in [3.8, 4) is 0 Å². The molecule has 0 amide bonds. The molecule has 2 heterocycles. The largest absolute Gasteiger partial charge is 0.460 e. The number of fused-ring (bicyclic) bond motifs is 2. The smallest absolute Gasteiger partial charge is 0.229 e. The highest BCUT2D eigenvalue weighted by atomic mass is 35.5. The van der Waals surface area contributed by atoms with Crippen LogP contribution in [0.2, 0.25) is 5.02 Å². The van der Waals surface area contributed by atoms with Gasteiger partial charge >= 0.3 is 0 Å². The lowest BCUT2D eigenvalue weighted by Gasteiger charge is -2.29. The summed E-state index contributed by atoms with van der Waals surface area (Å²) < 4.78 is 32.4. The first-order chi connectivity index (χ1) is 13.8. The van der Waals surface area contributed by atoms with Crippen LogP contribution in [0.5, 0.6) is 0 Å². The van der Waals surface area contributed by atoms with E-state index in [4.69, 9.17) is 16.0 Å². The van der Waals surface area contributed by atoms with E-state index in [1.54, 1.807) is 6.07 Å². The molecule has 5 nitrogen and oxygen atoms in total. The Morgan fingerprint density at radius 1 is 1.14 bits per heavy atom. The summed E-state index contributed by atoms with van der Waals surface area (Å²) in [6.45, 7) is 4.28. The lowest BCUT2D eigenvalue weighted by Crippen LogP contribution is -2.25.